The van der Waals surface area contributed by atoms with Gasteiger partial charge in [0.05, 0.1) is 0 Å². The topological polar surface area (TPSA) is 32.3 Å². The highest BCUT2D eigenvalue weighted by Gasteiger charge is 2.21. The van der Waals surface area contributed by atoms with E-state index in [-0.39, 0.29) is 5.91 Å². The Kier molecular flexibility index (Phi) is 5.40. The van der Waals surface area contributed by atoms with Gasteiger partial charge in [-0.3, -0.25) is 4.79 Å². The normalized spacial score (nSPS) is 23.0. The summed E-state index contributed by atoms with van der Waals surface area (Å²) in [5, 5.41) is 3.05. The van der Waals surface area contributed by atoms with Crippen molar-refractivity contribution in [3.8, 4) is 0 Å². The molecule has 1 aliphatic rings. The molecule has 1 aromatic rings. The Morgan fingerprint density at radius 3 is 2.57 bits per heavy atom. The molecular formula is C18H28N2O. The van der Waals surface area contributed by atoms with E-state index in [2.05, 4.69) is 36.2 Å². The lowest BCUT2D eigenvalue weighted by Crippen LogP contribution is -2.40. The molecule has 0 unspecified atom stereocenters. The monoisotopic (exact) mass is 288 g/mol. The SMILES string of the molecule is Cc1ccc(C)c(NC(=O)CCN2C[C@@H](C)C[C@H](C)C2)c1. The average Bonchev–Trinajstić information content (AvgIpc) is 2.40. The van der Waals surface area contributed by atoms with Crippen LogP contribution >= 0.6 is 0 Å². The molecular weight excluding hydrogens is 260 g/mol. The van der Waals surface area contributed by atoms with Gasteiger partial charge in [-0.1, -0.05) is 26.0 Å². The smallest absolute Gasteiger partial charge is 0.225 e. The van der Waals surface area contributed by atoms with Gasteiger partial charge in [-0.2, -0.15) is 0 Å². The number of hydrogen-bond donors (Lipinski definition) is 1. The number of nitrogens with zero attached hydrogens (tertiary/aromatic N) is 1. The van der Waals surface area contributed by atoms with Crippen LogP contribution in [0.5, 0.6) is 0 Å². The first kappa shape index (κ1) is 16.0. The summed E-state index contributed by atoms with van der Waals surface area (Å²) in [6.45, 7) is 11.8. The lowest BCUT2D eigenvalue weighted by Gasteiger charge is -2.34. The highest BCUT2D eigenvalue weighted by molar-refractivity contribution is 5.91. The Balaban J connectivity index is 1.83. The van der Waals surface area contributed by atoms with Crippen molar-refractivity contribution in [3.63, 3.8) is 0 Å². The molecule has 0 aliphatic carbocycles. The van der Waals surface area contributed by atoms with E-state index in [9.17, 15) is 4.79 Å². The van der Waals surface area contributed by atoms with Crippen LogP contribution < -0.4 is 5.32 Å². The van der Waals surface area contributed by atoms with Crippen molar-refractivity contribution >= 4 is 11.6 Å². The average molecular weight is 288 g/mol. The molecule has 1 fully saturated rings. The minimum absolute atomic E-state index is 0.120. The second-order valence-electron chi connectivity index (χ2n) is 6.82. The van der Waals surface area contributed by atoms with Crippen LogP contribution in [0.3, 0.4) is 0 Å². The molecule has 1 aliphatic heterocycles. The van der Waals surface area contributed by atoms with Crippen molar-refractivity contribution in [1.29, 1.82) is 0 Å². The quantitative estimate of drug-likeness (QED) is 0.918. The van der Waals surface area contributed by atoms with E-state index in [1.54, 1.807) is 0 Å². The number of anilines is 1. The lowest BCUT2D eigenvalue weighted by molar-refractivity contribution is -0.116. The number of benzene rings is 1. The molecule has 2 rings (SSSR count). The molecule has 3 nitrogen and oxygen atoms in total. The highest BCUT2D eigenvalue weighted by atomic mass is 16.1. The fourth-order valence-electron chi connectivity index (χ4n) is 3.32. The van der Waals surface area contributed by atoms with E-state index in [0.717, 1.165) is 42.7 Å². The summed E-state index contributed by atoms with van der Waals surface area (Å²) in [7, 11) is 0. The van der Waals surface area contributed by atoms with Gasteiger partial charge in [0, 0.05) is 31.7 Å². The van der Waals surface area contributed by atoms with Crippen LogP contribution in [0.2, 0.25) is 0 Å². The largest absolute Gasteiger partial charge is 0.326 e. The van der Waals surface area contributed by atoms with Crippen molar-refractivity contribution in [2.24, 2.45) is 11.8 Å². The van der Waals surface area contributed by atoms with Crippen molar-refractivity contribution in [2.75, 3.05) is 25.0 Å². The maximum atomic E-state index is 12.1. The van der Waals surface area contributed by atoms with E-state index in [1.165, 1.54) is 12.0 Å². The van der Waals surface area contributed by atoms with Crippen LogP contribution in [-0.4, -0.2) is 30.4 Å². The number of likely N-dealkylation sites (tertiary alicyclic amines) is 1. The van der Waals surface area contributed by atoms with Crippen LogP contribution in [0, 0.1) is 25.7 Å². The summed E-state index contributed by atoms with van der Waals surface area (Å²) in [5.74, 6) is 1.61. The minimum atomic E-state index is 0.120. The zero-order chi connectivity index (χ0) is 15.4. The van der Waals surface area contributed by atoms with E-state index in [0.29, 0.717) is 6.42 Å². The van der Waals surface area contributed by atoms with Gasteiger partial charge in [-0.05, 0) is 49.3 Å². The molecule has 2 atom stereocenters. The van der Waals surface area contributed by atoms with E-state index < -0.39 is 0 Å². The molecule has 1 amide bonds. The molecule has 0 spiro atoms. The summed E-state index contributed by atoms with van der Waals surface area (Å²) in [6, 6.07) is 6.17. The second-order valence-corrected chi connectivity index (χ2v) is 6.82. The predicted molar refractivity (Wildman–Crippen MR) is 88.5 cm³/mol. The second kappa shape index (κ2) is 7.08. The van der Waals surface area contributed by atoms with Crippen molar-refractivity contribution in [2.45, 2.75) is 40.5 Å². The molecule has 21 heavy (non-hydrogen) atoms. The number of nitrogens with one attached hydrogen (secondary N) is 1. The van der Waals surface area contributed by atoms with Crippen molar-refractivity contribution < 1.29 is 4.79 Å². The molecule has 0 saturated carbocycles. The third kappa shape index (κ3) is 4.85. The van der Waals surface area contributed by atoms with Gasteiger partial charge < -0.3 is 10.2 Å². The van der Waals surface area contributed by atoms with Gasteiger partial charge in [0.1, 0.15) is 0 Å². The molecule has 1 saturated heterocycles. The van der Waals surface area contributed by atoms with Crippen LogP contribution in [-0.2, 0) is 4.79 Å². The van der Waals surface area contributed by atoms with Gasteiger partial charge in [-0.25, -0.2) is 0 Å². The highest BCUT2D eigenvalue weighted by Crippen LogP contribution is 2.21. The first-order chi connectivity index (χ1) is 9.94. The lowest BCUT2D eigenvalue weighted by atomic mass is 9.92. The fourth-order valence-corrected chi connectivity index (χ4v) is 3.32. The molecule has 3 heteroatoms. The zero-order valence-corrected chi connectivity index (χ0v) is 13.8. The number of rotatable bonds is 4. The number of aryl methyl sites for hydroxylation is 2. The Hall–Kier alpha value is -1.35. The van der Waals surface area contributed by atoms with Gasteiger partial charge in [0.15, 0.2) is 0 Å². The first-order valence-electron chi connectivity index (χ1n) is 8.03. The number of amides is 1. The molecule has 1 aromatic carbocycles. The minimum Gasteiger partial charge on any atom is -0.326 e. The van der Waals surface area contributed by atoms with Crippen LogP contribution in [0.25, 0.3) is 0 Å². The summed E-state index contributed by atoms with van der Waals surface area (Å²) in [4.78, 5) is 14.6. The Morgan fingerprint density at radius 1 is 1.24 bits per heavy atom. The summed E-state index contributed by atoms with van der Waals surface area (Å²) < 4.78 is 0. The van der Waals surface area contributed by atoms with Gasteiger partial charge in [0.25, 0.3) is 0 Å². The molecule has 1 N–H and O–H groups in total. The van der Waals surface area contributed by atoms with Gasteiger partial charge >= 0.3 is 0 Å². The fraction of sp³-hybridized carbons (Fsp3) is 0.611. The predicted octanol–water partition coefficient (Wildman–Crippen LogP) is 3.61. The number of carbonyl (C=O) groups is 1. The molecule has 116 valence electrons. The van der Waals surface area contributed by atoms with Crippen molar-refractivity contribution in [3.05, 3.63) is 29.3 Å². The molecule has 0 aromatic heterocycles. The van der Waals surface area contributed by atoms with Crippen molar-refractivity contribution in [1.82, 2.24) is 4.90 Å². The Morgan fingerprint density at radius 2 is 1.90 bits per heavy atom. The zero-order valence-electron chi connectivity index (χ0n) is 13.8. The van der Waals surface area contributed by atoms with E-state index in [1.807, 2.05) is 19.9 Å². The number of piperidine rings is 1. The summed E-state index contributed by atoms with van der Waals surface area (Å²) >= 11 is 0. The van der Waals surface area contributed by atoms with Crippen LogP contribution in [0.1, 0.15) is 37.8 Å². The number of hydrogen-bond acceptors (Lipinski definition) is 2. The standard InChI is InChI=1S/C18H28N2O/c1-13-5-6-16(4)17(10-13)19-18(21)7-8-20-11-14(2)9-15(3)12-20/h5-6,10,14-15H,7-9,11-12H2,1-4H3,(H,19,21)/t14-,15-/m0/s1. The van der Waals surface area contributed by atoms with Gasteiger partial charge in [-0.15, -0.1) is 0 Å². The maximum absolute atomic E-state index is 12.1. The molecule has 1 heterocycles. The summed E-state index contributed by atoms with van der Waals surface area (Å²) in [6.07, 6.45) is 1.89. The Labute approximate surface area is 128 Å². The molecule has 0 radical (unpaired) electrons. The Bertz CT molecular complexity index is 488. The van der Waals surface area contributed by atoms with E-state index >= 15 is 0 Å². The third-order valence-corrected chi connectivity index (χ3v) is 4.27. The van der Waals surface area contributed by atoms with Crippen LogP contribution in [0.4, 0.5) is 5.69 Å². The number of carbonyl (C=O) groups excluding carboxylic acids is 1. The van der Waals surface area contributed by atoms with E-state index in [4.69, 9.17) is 0 Å². The molecule has 0 bridgehead atoms. The summed E-state index contributed by atoms with van der Waals surface area (Å²) in [5.41, 5.74) is 3.24. The third-order valence-electron chi connectivity index (χ3n) is 4.27. The van der Waals surface area contributed by atoms with Gasteiger partial charge in [0.2, 0.25) is 5.91 Å². The maximum Gasteiger partial charge on any atom is 0.225 e. The van der Waals surface area contributed by atoms with Crippen LogP contribution in [0.15, 0.2) is 18.2 Å². The first-order valence-corrected chi connectivity index (χ1v) is 8.03.